The van der Waals surface area contributed by atoms with E-state index in [0.29, 0.717) is 5.02 Å². The molecule has 0 aromatic carbocycles. The first kappa shape index (κ1) is 18.9. The zero-order valence-electron chi connectivity index (χ0n) is 15.5. The lowest BCUT2D eigenvalue weighted by Gasteiger charge is -2.40. The van der Waals surface area contributed by atoms with Crippen molar-refractivity contribution >= 4 is 39.3 Å². The lowest BCUT2D eigenvalue weighted by molar-refractivity contribution is 0.232. The molecule has 0 spiro atoms. The third-order valence-electron chi connectivity index (χ3n) is 5.78. The summed E-state index contributed by atoms with van der Waals surface area (Å²) in [6.45, 7) is 6.05. The van der Waals surface area contributed by atoms with Crippen molar-refractivity contribution in [3.63, 3.8) is 0 Å². The summed E-state index contributed by atoms with van der Waals surface area (Å²) in [4.78, 5) is 22.2. The van der Waals surface area contributed by atoms with Gasteiger partial charge >= 0.3 is 0 Å². The summed E-state index contributed by atoms with van der Waals surface area (Å²) in [5.41, 5.74) is 0. The SMILES string of the molecule is Cc1ncc(Cl)c(N2CCC(C3CCN(c4ncc(Br)cn4)CC3)CC2)n1. The van der Waals surface area contributed by atoms with Gasteiger partial charge in [-0.2, -0.15) is 0 Å². The van der Waals surface area contributed by atoms with E-state index in [2.05, 4.69) is 45.7 Å². The average Bonchev–Trinajstić information content (AvgIpc) is 2.71. The lowest BCUT2D eigenvalue weighted by Crippen LogP contribution is -2.41. The fourth-order valence-electron chi connectivity index (χ4n) is 4.29. The van der Waals surface area contributed by atoms with Crippen molar-refractivity contribution in [1.29, 1.82) is 0 Å². The number of halogens is 2. The quantitative estimate of drug-likeness (QED) is 0.699. The summed E-state index contributed by atoms with van der Waals surface area (Å²) < 4.78 is 0.923. The molecule has 0 bridgehead atoms. The maximum Gasteiger partial charge on any atom is 0.225 e. The molecule has 0 unspecified atom stereocenters. The molecule has 8 heteroatoms. The zero-order valence-corrected chi connectivity index (χ0v) is 17.8. The third kappa shape index (κ3) is 4.35. The summed E-state index contributed by atoms with van der Waals surface area (Å²) in [7, 11) is 0. The Hall–Kier alpha value is -1.47. The van der Waals surface area contributed by atoms with Gasteiger partial charge in [-0.25, -0.2) is 19.9 Å². The van der Waals surface area contributed by atoms with Crippen LogP contribution in [0.4, 0.5) is 11.8 Å². The number of hydrogen-bond acceptors (Lipinski definition) is 6. The Kier molecular flexibility index (Phi) is 5.78. The summed E-state index contributed by atoms with van der Waals surface area (Å²) in [6.07, 6.45) is 10.2. The molecule has 2 aromatic heterocycles. The molecule has 27 heavy (non-hydrogen) atoms. The van der Waals surface area contributed by atoms with Crippen LogP contribution in [0.3, 0.4) is 0 Å². The van der Waals surface area contributed by atoms with E-state index in [1.54, 1.807) is 6.20 Å². The second-order valence-corrected chi connectivity index (χ2v) is 8.76. The summed E-state index contributed by atoms with van der Waals surface area (Å²) in [5.74, 6) is 4.10. The largest absolute Gasteiger partial charge is 0.355 e. The number of hydrogen-bond donors (Lipinski definition) is 0. The van der Waals surface area contributed by atoms with Crippen LogP contribution in [0.1, 0.15) is 31.5 Å². The first-order chi connectivity index (χ1) is 13.1. The highest BCUT2D eigenvalue weighted by Gasteiger charge is 2.31. The molecule has 144 valence electrons. The Morgan fingerprint density at radius 3 is 2.04 bits per heavy atom. The van der Waals surface area contributed by atoms with Crippen molar-refractivity contribution in [3.8, 4) is 0 Å². The van der Waals surface area contributed by atoms with Gasteiger partial charge in [0.05, 0.1) is 10.7 Å². The van der Waals surface area contributed by atoms with Gasteiger partial charge in [0.15, 0.2) is 5.82 Å². The molecule has 4 rings (SSSR count). The number of anilines is 2. The molecule has 6 nitrogen and oxygen atoms in total. The highest BCUT2D eigenvalue weighted by Crippen LogP contribution is 2.35. The Labute approximate surface area is 173 Å². The molecular formula is C19H24BrClN6. The van der Waals surface area contributed by atoms with Crippen molar-refractivity contribution in [2.45, 2.75) is 32.6 Å². The maximum atomic E-state index is 6.31. The fraction of sp³-hybridized carbons (Fsp3) is 0.579. The van der Waals surface area contributed by atoms with E-state index in [1.165, 1.54) is 25.7 Å². The molecule has 0 aliphatic carbocycles. The minimum Gasteiger partial charge on any atom is -0.355 e. The van der Waals surface area contributed by atoms with Crippen molar-refractivity contribution in [1.82, 2.24) is 19.9 Å². The van der Waals surface area contributed by atoms with Crippen LogP contribution < -0.4 is 9.80 Å². The summed E-state index contributed by atoms with van der Waals surface area (Å²) in [5, 5.41) is 0.654. The predicted molar refractivity (Wildman–Crippen MR) is 111 cm³/mol. The van der Waals surface area contributed by atoms with Crippen LogP contribution in [0.2, 0.25) is 5.02 Å². The minimum absolute atomic E-state index is 0.654. The normalized spacial score (nSPS) is 19.5. The lowest BCUT2D eigenvalue weighted by atomic mass is 9.79. The van der Waals surface area contributed by atoms with Gasteiger partial charge in [0.2, 0.25) is 5.95 Å². The van der Waals surface area contributed by atoms with Gasteiger partial charge in [0.1, 0.15) is 10.8 Å². The van der Waals surface area contributed by atoms with Gasteiger partial charge in [0.25, 0.3) is 0 Å². The van der Waals surface area contributed by atoms with E-state index < -0.39 is 0 Å². The maximum absolute atomic E-state index is 6.31. The van der Waals surface area contributed by atoms with E-state index in [1.807, 2.05) is 19.3 Å². The predicted octanol–water partition coefficient (Wildman–Crippen LogP) is 4.12. The second kappa shape index (κ2) is 8.27. The van der Waals surface area contributed by atoms with Crippen molar-refractivity contribution in [2.24, 2.45) is 11.8 Å². The molecule has 0 amide bonds. The number of piperidine rings is 2. The van der Waals surface area contributed by atoms with Crippen LogP contribution >= 0.6 is 27.5 Å². The number of aryl methyl sites for hydroxylation is 1. The van der Waals surface area contributed by atoms with E-state index in [9.17, 15) is 0 Å². The van der Waals surface area contributed by atoms with Crippen LogP contribution in [-0.2, 0) is 0 Å². The molecule has 0 saturated carbocycles. The van der Waals surface area contributed by atoms with Gasteiger partial charge in [-0.05, 0) is 60.4 Å². The Morgan fingerprint density at radius 1 is 0.889 bits per heavy atom. The van der Waals surface area contributed by atoms with E-state index in [-0.39, 0.29) is 0 Å². The molecule has 2 fully saturated rings. The third-order valence-corrected chi connectivity index (χ3v) is 6.46. The highest BCUT2D eigenvalue weighted by molar-refractivity contribution is 9.10. The van der Waals surface area contributed by atoms with Crippen LogP contribution in [0.25, 0.3) is 0 Å². The van der Waals surface area contributed by atoms with E-state index >= 15 is 0 Å². The van der Waals surface area contributed by atoms with Gasteiger partial charge < -0.3 is 9.80 Å². The van der Waals surface area contributed by atoms with Gasteiger partial charge in [0, 0.05) is 38.6 Å². The molecule has 2 aromatic rings. The van der Waals surface area contributed by atoms with Gasteiger partial charge in [-0.3, -0.25) is 0 Å². The Bertz CT molecular complexity index is 770. The molecule has 2 saturated heterocycles. The highest BCUT2D eigenvalue weighted by atomic mass is 79.9. The van der Waals surface area contributed by atoms with Crippen LogP contribution in [0.15, 0.2) is 23.1 Å². The molecule has 4 heterocycles. The standard InChI is InChI=1S/C19H24BrClN6/c1-13-22-12-17(21)18(25-13)26-6-2-14(3-7-26)15-4-8-27(9-5-15)19-23-10-16(20)11-24-19/h10-12,14-15H,2-9H2,1H3. The van der Waals surface area contributed by atoms with Crippen molar-refractivity contribution in [2.75, 3.05) is 36.0 Å². The molecule has 2 aliphatic rings. The topological polar surface area (TPSA) is 58.0 Å². The molecular weight excluding hydrogens is 428 g/mol. The number of rotatable bonds is 3. The summed E-state index contributed by atoms with van der Waals surface area (Å²) >= 11 is 9.71. The van der Waals surface area contributed by atoms with Crippen molar-refractivity contribution < 1.29 is 0 Å². The smallest absolute Gasteiger partial charge is 0.225 e. The zero-order chi connectivity index (χ0) is 18.8. The molecule has 0 atom stereocenters. The van der Waals surface area contributed by atoms with Gasteiger partial charge in [-0.1, -0.05) is 11.6 Å². The molecule has 2 aliphatic heterocycles. The Balaban J connectivity index is 1.30. The van der Waals surface area contributed by atoms with Crippen LogP contribution in [0.5, 0.6) is 0 Å². The summed E-state index contributed by atoms with van der Waals surface area (Å²) in [6, 6.07) is 0. The monoisotopic (exact) mass is 450 g/mol. The first-order valence-electron chi connectivity index (χ1n) is 9.57. The van der Waals surface area contributed by atoms with Gasteiger partial charge in [-0.15, -0.1) is 0 Å². The molecule has 0 N–H and O–H groups in total. The fourth-order valence-corrected chi connectivity index (χ4v) is 4.70. The number of nitrogens with zero attached hydrogens (tertiary/aromatic N) is 6. The minimum atomic E-state index is 0.654. The van der Waals surface area contributed by atoms with Crippen LogP contribution in [-0.4, -0.2) is 46.1 Å². The van der Waals surface area contributed by atoms with Crippen molar-refractivity contribution in [3.05, 3.63) is 33.9 Å². The number of aromatic nitrogens is 4. The van der Waals surface area contributed by atoms with Crippen LogP contribution in [0, 0.1) is 18.8 Å². The molecule has 0 radical (unpaired) electrons. The second-order valence-electron chi connectivity index (χ2n) is 7.44. The Morgan fingerprint density at radius 2 is 1.44 bits per heavy atom. The first-order valence-corrected chi connectivity index (χ1v) is 10.7. The average molecular weight is 452 g/mol. The van der Waals surface area contributed by atoms with E-state index in [0.717, 1.165) is 60.1 Å². The van der Waals surface area contributed by atoms with E-state index in [4.69, 9.17) is 11.6 Å².